The van der Waals surface area contributed by atoms with E-state index in [9.17, 15) is 0 Å². The summed E-state index contributed by atoms with van der Waals surface area (Å²) < 4.78 is 0. The Labute approximate surface area is 77.4 Å². The lowest BCUT2D eigenvalue weighted by molar-refractivity contribution is 1.27. The van der Waals surface area contributed by atoms with Crippen molar-refractivity contribution in [3.63, 3.8) is 0 Å². The van der Waals surface area contributed by atoms with E-state index in [2.05, 4.69) is 18.0 Å². The molecule has 3 N–H and O–H groups in total. The van der Waals surface area contributed by atoms with Crippen molar-refractivity contribution < 1.29 is 0 Å². The second kappa shape index (κ2) is 2.98. The Kier molecular flexibility index (Phi) is 1.81. The molecule has 1 aromatic carbocycles. The third kappa shape index (κ3) is 1.43. The first kappa shape index (κ1) is 7.92. The topological polar surface area (TPSA) is 41.8 Å². The number of nitrogen functional groups attached to an aromatic ring is 1. The van der Waals surface area contributed by atoms with Crippen molar-refractivity contribution in [2.75, 3.05) is 5.73 Å². The molecular formula is C11H12N2. The summed E-state index contributed by atoms with van der Waals surface area (Å²) in [5.41, 5.74) is 10.0. The largest absolute Gasteiger partial charge is 0.399 e. The van der Waals surface area contributed by atoms with Gasteiger partial charge in [-0.05, 0) is 30.7 Å². The molecule has 0 fully saturated rings. The van der Waals surface area contributed by atoms with Crippen LogP contribution in [-0.2, 0) is 0 Å². The third-order valence-electron chi connectivity index (χ3n) is 2.18. The standard InChI is InChI=1S/C11H12N2/c1-8-11(6-7-13-8)9-2-4-10(12)5-3-9/h2-7,13H,12H2,1H3. The van der Waals surface area contributed by atoms with Gasteiger partial charge in [0.1, 0.15) is 0 Å². The molecule has 0 saturated heterocycles. The zero-order chi connectivity index (χ0) is 9.26. The molecule has 0 unspecified atom stereocenters. The Balaban J connectivity index is 2.47. The smallest absolute Gasteiger partial charge is 0.0314 e. The number of nitrogens with two attached hydrogens (primary N) is 1. The van der Waals surface area contributed by atoms with Gasteiger partial charge < -0.3 is 10.7 Å². The summed E-state index contributed by atoms with van der Waals surface area (Å²) in [7, 11) is 0. The number of aromatic amines is 1. The van der Waals surface area contributed by atoms with Crippen LogP contribution in [0.1, 0.15) is 5.69 Å². The highest BCUT2D eigenvalue weighted by Gasteiger charge is 2.00. The minimum Gasteiger partial charge on any atom is -0.399 e. The van der Waals surface area contributed by atoms with Crippen LogP contribution in [0.5, 0.6) is 0 Å². The molecular weight excluding hydrogens is 160 g/mol. The lowest BCUT2D eigenvalue weighted by Crippen LogP contribution is -1.84. The van der Waals surface area contributed by atoms with Crippen LogP contribution in [-0.4, -0.2) is 4.98 Å². The van der Waals surface area contributed by atoms with Gasteiger partial charge in [-0.25, -0.2) is 0 Å². The maximum atomic E-state index is 5.61. The lowest BCUT2D eigenvalue weighted by Gasteiger charge is -2.00. The van der Waals surface area contributed by atoms with Gasteiger partial charge in [0.25, 0.3) is 0 Å². The monoisotopic (exact) mass is 172 g/mol. The Hall–Kier alpha value is -1.70. The Morgan fingerprint density at radius 1 is 1.08 bits per heavy atom. The predicted octanol–water partition coefficient (Wildman–Crippen LogP) is 2.57. The number of hydrogen-bond donors (Lipinski definition) is 2. The number of benzene rings is 1. The van der Waals surface area contributed by atoms with E-state index >= 15 is 0 Å². The van der Waals surface area contributed by atoms with Gasteiger partial charge in [0.15, 0.2) is 0 Å². The van der Waals surface area contributed by atoms with Crippen molar-refractivity contribution in [1.29, 1.82) is 0 Å². The SMILES string of the molecule is Cc1[nH]ccc1-c1ccc(N)cc1. The first-order valence-electron chi connectivity index (χ1n) is 4.27. The molecule has 0 aliphatic rings. The minimum atomic E-state index is 0.803. The quantitative estimate of drug-likeness (QED) is 0.638. The highest BCUT2D eigenvalue weighted by Crippen LogP contribution is 2.22. The normalized spacial score (nSPS) is 10.2. The Morgan fingerprint density at radius 3 is 2.31 bits per heavy atom. The van der Waals surface area contributed by atoms with Gasteiger partial charge in [0.2, 0.25) is 0 Å². The van der Waals surface area contributed by atoms with Crippen LogP contribution in [0.4, 0.5) is 5.69 Å². The molecule has 0 atom stereocenters. The van der Waals surface area contributed by atoms with E-state index in [-0.39, 0.29) is 0 Å². The van der Waals surface area contributed by atoms with Crippen LogP contribution in [0, 0.1) is 6.92 Å². The van der Waals surface area contributed by atoms with Crippen LogP contribution in [0.2, 0.25) is 0 Å². The Bertz CT molecular complexity index is 398. The van der Waals surface area contributed by atoms with Crippen molar-refractivity contribution in [2.24, 2.45) is 0 Å². The van der Waals surface area contributed by atoms with E-state index in [1.165, 1.54) is 16.8 Å². The molecule has 0 amide bonds. The van der Waals surface area contributed by atoms with Crippen molar-refractivity contribution in [1.82, 2.24) is 4.98 Å². The number of anilines is 1. The van der Waals surface area contributed by atoms with Gasteiger partial charge in [-0.2, -0.15) is 0 Å². The molecule has 1 aromatic heterocycles. The summed E-state index contributed by atoms with van der Waals surface area (Å²) in [4.78, 5) is 3.15. The van der Waals surface area contributed by atoms with Crippen LogP contribution >= 0.6 is 0 Å². The molecule has 1 heterocycles. The summed E-state index contributed by atoms with van der Waals surface area (Å²) in [5, 5.41) is 0. The van der Waals surface area contributed by atoms with E-state index in [4.69, 9.17) is 5.73 Å². The van der Waals surface area contributed by atoms with Gasteiger partial charge in [-0.1, -0.05) is 12.1 Å². The molecule has 13 heavy (non-hydrogen) atoms. The first-order valence-corrected chi connectivity index (χ1v) is 4.27. The Morgan fingerprint density at radius 2 is 1.77 bits per heavy atom. The molecule has 66 valence electrons. The average molecular weight is 172 g/mol. The van der Waals surface area contributed by atoms with E-state index in [0.717, 1.165) is 5.69 Å². The minimum absolute atomic E-state index is 0.803. The molecule has 0 saturated carbocycles. The van der Waals surface area contributed by atoms with Gasteiger partial charge in [-0.3, -0.25) is 0 Å². The van der Waals surface area contributed by atoms with Crippen LogP contribution in [0.15, 0.2) is 36.5 Å². The summed E-state index contributed by atoms with van der Waals surface area (Å²) in [5.74, 6) is 0. The maximum Gasteiger partial charge on any atom is 0.0314 e. The molecule has 2 heteroatoms. The second-order valence-corrected chi connectivity index (χ2v) is 3.14. The molecule has 2 rings (SSSR count). The van der Waals surface area contributed by atoms with Gasteiger partial charge in [0, 0.05) is 23.1 Å². The fourth-order valence-electron chi connectivity index (χ4n) is 1.43. The third-order valence-corrected chi connectivity index (χ3v) is 2.18. The fourth-order valence-corrected chi connectivity index (χ4v) is 1.43. The van der Waals surface area contributed by atoms with E-state index in [1.807, 2.05) is 30.5 Å². The van der Waals surface area contributed by atoms with Crippen LogP contribution in [0.25, 0.3) is 11.1 Å². The molecule has 0 spiro atoms. The second-order valence-electron chi connectivity index (χ2n) is 3.14. The number of hydrogen-bond acceptors (Lipinski definition) is 1. The van der Waals surface area contributed by atoms with Crippen molar-refractivity contribution in [2.45, 2.75) is 6.92 Å². The zero-order valence-corrected chi connectivity index (χ0v) is 7.54. The van der Waals surface area contributed by atoms with Crippen molar-refractivity contribution >= 4 is 5.69 Å². The number of aryl methyl sites for hydroxylation is 1. The van der Waals surface area contributed by atoms with Gasteiger partial charge >= 0.3 is 0 Å². The molecule has 0 aliphatic heterocycles. The molecule has 0 aliphatic carbocycles. The van der Waals surface area contributed by atoms with E-state index < -0.39 is 0 Å². The van der Waals surface area contributed by atoms with Crippen molar-refractivity contribution in [3.05, 3.63) is 42.2 Å². The lowest BCUT2D eigenvalue weighted by atomic mass is 10.1. The zero-order valence-electron chi connectivity index (χ0n) is 7.54. The van der Waals surface area contributed by atoms with Crippen LogP contribution in [0.3, 0.4) is 0 Å². The molecule has 2 aromatic rings. The van der Waals surface area contributed by atoms with Crippen LogP contribution < -0.4 is 5.73 Å². The summed E-state index contributed by atoms with van der Waals surface area (Å²) in [6.07, 6.45) is 1.95. The van der Waals surface area contributed by atoms with Gasteiger partial charge in [-0.15, -0.1) is 0 Å². The first-order chi connectivity index (χ1) is 6.27. The highest BCUT2D eigenvalue weighted by atomic mass is 14.7. The molecule has 0 radical (unpaired) electrons. The van der Waals surface area contributed by atoms with E-state index in [1.54, 1.807) is 0 Å². The predicted molar refractivity (Wildman–Crippen MR) is 55.4 cm³/mol. The highest BCUT2D eigenvalue weighted by molar-refractivity contribution is 5.67. The number of rotatable bonds is 1. The maximum absolute atomic E-state index is 5.61. The van der Waals surface area contributed by atoms with Crippen molar-refractivity contribution in [3.8, 4) is 11.1 Å². The molecule has 2 nitrogen and oxygen atoms in total. The van der Waals surface area contributed by atoms with Gasteiger partial charge in [0.05, 0.1) is 0 Å². The number of nitrogens with one attached hydrogen (secondary N) is 1. The summed E-state index contributed by atoms with van der Waals surface area (Å²) >= 11 is 0. The number of H-pyrrole nitrogens is 1. The fraction of sp³-hybridized carbons (Fsp3) is 0.0909. The summed E-state index contributed by atoms with van der Waals surface area (Å²) in [6.45, 7) is 2.06. The summed E-state index contributed by atoms with van der Waals surface area (Å²) in [6, 6.07) is 9.97. The average Bonchev–Trinajstić information content (AvgIpc) is 2.53. The molecule has 0 bridgehead atoms. The van der Waals surface area contributed by atoms with E-state index in [0.29, 0.717) is 0 Å². The number of aromatic nitrogens is 1.